The molecule has 1 aliphatic rings. The third-order valence-corrected chi connectivity index (χ3v) is 4.54. The molecule has 0 radical (unpaired) electrons. The van der Waals surface area contributed by atoms with E-state index in [1.54, 1.807) is 12.1 Å². The summed E-state index contributed by atoms with van der Waals surface area (Å²) in [6.45, 7) is 0.592. The molecule has 29 heavy (non-hydrogen) atoms. The van der Waals surface area contributed by atoms with Gasteiger partial charge in [0.25, 0.3) is 5.91 Å². The lowest BCUT2D eigenvalue weighted by Gasteiger charge is -2.30. The molecule has 10 heteroatoms. The number of rotatable bonds is 5. The Bertz CT molecular complexity index is 1060. The number of carbonyl (C=O) groups excluding carboxylic acids is 1. The van der Waals surface area contributed by atoms with E-state index in [0.717, 1.165) is 24.1 Å². The number of anilines is 3. The van der Waals surface area contributed by atoms with E-state index >= 15 is 0 Å². The van der Waals surface area contributed by atoms with E-state index in [9.17, 15) is 14.9 Å². The highest BCUT2D eigenvalue weighted by molar-refractivity contribution is 5.93. The van der Waals surface area contributed by atoms with Gasteiger partial charge in [-0.2, -0.15) is 0 Å². The molecule has 1 aromatic carbocycles. The smallest absolute Gasteiger partial charge is 0.320 e. The standard InChI is InChI=1S/C19H17N7O3/c27-19(14-8-3-4-10-20-14)24-23-17-16(26(28)29)18(22-12-21-17)25-11-5-7-13-6-1-2-9-15(13)25/h1-4,6,8-10,12H,5,7,11H2,(H,24,27)(H,21,22,23). The maximum atomic E-state index is 12.2. The average molecular weight is 391 g/mol. The van der Waals surface area contributed by atoms with Gasteiger partial charge in [0.15, 0.2) is 0 Å². The highest BCUT2D eigenvalue weighted by Gasteiger charge is 2.30. The van der Waals surface area contributed by atoms with Crippen LogP contribution in [0.5, 0.6) is 0 Å². The zero-order valence-electron chi connectivity index (χ0n) is 15.3. The number of nitrogens with one attached hydrogen (secondary N) is 2. The number of fused-ring (bicyclic) bond motifs is 1. The van der Waals surface area contributed by atoms with Crippen LogP contribution < -0.4 is 15.8 Å². The third-order valence-electron chi connectivity index (χ3n) is 4.54. The zero-order chi connectivity index (χ0) is 20.2. The monoisotopic (exact) mass is 391 g/mol. The van der Waals surface area contributed by atoms with Crippen LogP contribution in [0.3, 0.4) is 0 Å². The predicted octanol–water partition coefficient (Wildman–Crippen LogP) is 2.62. The molecular formula is C19H17N7O3. The van der Waals surface area contributed by atoms with Crippen LogP contribution in [-0.4, -0.2) is 32.3 Å². The predicted molar refractivity (Wildman–Crippen MR) is 106 cm³/mol. The number of nitrogens with zero attached hydrogens (tertiary/aromatic N) is 5. The molecule has 10 nitrogen and oxygen atoms in total. The van der Waals surface area contributed by atoms with Crippen molar-refractivity contribution in [2.24, 2.45) is 0 Å². The first kappa shape index (κ1) is 18.3. The summed E-state index contributed by atoms with van der Waals surface area (Å²) in [6.07, 6.45) is 4.46. The fourth-order valence-corrected chi connectivity index (χ4v) is 3.26. The Morgan fingerprint density at radius 1 is 1.10 bits per heavy atom. The van der Waals surface area contributed by atoms with E-state index in [0.29, 0.717) is 6.54 Å². The van der Waals surface area contributed by atoms with E-state index < -0.39 is 10.8 Å². The summed E-state index contributed by atoms with van der Waals surface area (Å²) in [6, 6.07) is 12.6. The first-order valence-electron chi connectivity index (χ1n) is 8.97. The number of nitro groups is 1. The Morgan fingerprint density at radius 3 is 2.72 bits per heavy atom. The van der Waals surface area contributed by atoms with Crippen molar-refractivity contribution in [3.8, 4) is 0 Å². The lowest BCUT2D eigenvalue weighted by atomic mass is 10.0. The van der Waals surface area contributed by atoms with Crippen LogP contribution in [0.2, 0.25) is 0 Å². The number of carbonyl (C=O) groups is 1. The molecule has 0 saturated heterocycles. The maximum absolute atomic E-state index is 12.2. The van der Waals surface area contributed by atoms with Crippen LogP contribution in [0.4, 0.5) is 23.0 Å². The largest absolute Gasteiger partial charge is 0.355 e. The molecule has 0 spiro atoms. The van der Waals surface area contributed by atoms with E-state index in [1.807, 2.05) is 29.2 Å². The minimum absolute atomic E-state index is 0.104. The van der Waals surface area contributed by atoms with Gasteiger partial charge in [0.1, 0.15) is 12.0 Å². The summed E-state index contributed by atoms with van der Waals surface area (Å²) in [4.78, 5) is 37.4. The van der Waals surface area contributed by atoms with Crippen molar-refractivity contribution in [1.82, 2.24) is 20.4 Å². The SMILES string of the molecule is O=C(NNc1ncnc(N2CCCc3ccccc32)c1[N+](=O)[O-])c1ccccn1. The number of amides is 1. The topological polar surface area (TPSA) is 126 Å². The molecule has 3 aromatic rings. The molecule has 2 N–H and O–H groups in total. The van der Waals surface area contributed by atoms with Gasteiger partial charge in [0, 0.05) is 18.4 Å². The van der Waals surface area contributed by atoms with Gasteiger partial charge in [0.2, 0.25) is 11.6 Å². The summed E-state index contributed by atoms with van der Waals surface area (Å²) >= 11 is 0. The maximum Gasteiger partial charge on any atom is 0.355 e. The molecule has 0 fully saturated rings. The van der Waals surface area contributed by atoms with Gasteiger partial charge >= 0.3 is 5.69 Å². The molecule has 146 valence electrons. The number of aryl methyl sites for hydroxylation is 1. The second-order valence-corrected chi connectivity index (χ2v) is 6.33. The van der Waals surface area contributed by atoms with Gasteiger partial charge in [0.05, 0.1) is 4.92 Å². The number of pyridine rings is 1. The van der Waals surface area contributed by atoms with E-state index in [4.69, 9.17) is 0 Å². The summed E-state index contributed by atoms with van der Waals surface area (Å²) < 4.78 is 0. The molecule has 2 aromatic heterocycles. The zero-order valence-corrected chi connectivity index (χ0v) is 15.3. The second kappa shape index (κ2) is 7.89. The van der Waals surface area contributed by atoms with E-state index in [-0.39, 0.29) is 23.0 Å². The molecule has 0 saturated carbocycles. The van der Waals surface area contributed by atoms with E-state index in [1.165, 1.54) is 18.6 Å². The Morgan fingerprint density at radius 2 is 1.93 bits per heavy atom. The van der Waals surface area contributed by atoms with Crippen molar-refractivity contribution < 1.29 is 9.72 Å². The minimum Gasteiger partial charge on any atom is -0.320 e. The van der Waals surface area contributed by atoms with Crippen LogP contribution in [0.25, 0.3) is 0 Å². The lowest BCUT2D eigenvalue weighted by Crippen LogP contribution is -2.31. The first-order valence-corrected chi connectivity index (χ1v) is 8.97. The van der Waals surface area contributed by atoms with Gasteiger partial charge in [-0.25, -0.2) is 9.97 Å². The van der Waals surface area contributed by atoms with Crippen molar-refractivity contribution in [2.75, 3.05) is 16.9 Å². The van der Waals surface area contributed by atoms with Gasteiger partial charge in [-0.05, 0) is 36.6 Å². The van der Waals surface area contributed by atoms with Crippen LogP contribution in [0, 0.1) is 10.1 Å². The average Bonchev–Trinajstić information content (AvgIpc) is 2.77. The molecule has 1 aliphatic heterocycles. The van der Waals surface area contributed by atoms with Crippen LogP contribution >= 0.6 is 0 Å². The third kappa shape index (κ3) is 3.68. The number of benzene rings is 1. The lowest BCUT2D eigenvalue weighted by molar-refractivity contribution is -0.383. The Kier molecular flexibility index (Phi) is 4.97. The molecular weight excluding hydrogens is 374 g/mol. The van der Waals surface area contributed by atoms with Crippen molar-refractivity contribution in [3.63, 3.8) is 0 Å². The summed E-state index contributed by atoms with van der Waals surface area (Å²) in [5.41, 5.74) is 6.77. The Labute approximate surface area is 165 Å². The van der Waals surface area contributed by atoms with Crippen molar-refractivity contribution in [2.45, 2.75) is 12.8 Å². The fourth-order valence-electron chi connectivity index (χ4n) is 3.26. The molecule has 0 bridgehead atoms. The van der Waals surface area contributed by atoms with Crippen LogP contribution in [-0.2, 0) is 6.42 Å². The van der Waals surface area contributed by atoms with Crippen LogP contribution in [0.15, 0.2) is 55.0 Å². The molecule has 4 rings (SSSR count). The molecule has 0 atom stereocenters. The van der Waals surface area contributed by atoms with Gasteiger partial charge in [-0.1, -0.05) is 24.3 Å². The normalized spacial score (nSPS) is 12.8. The second-order valence-electron chi connectivity index (χ2n) is 6.33. The first-order chi connectivity index (χ1) is 14.1. The Hall–Kier alpha value is -4.08. The fraction of sp³-hybridized carbons (Fsp3) is 0.158. The van der Waals surface area contributed by atoms with Crippen molar-refractivity contribution in [1.29, 1.82) is 0 Å². The number of hydrazine groups is 1. The molecule has 0 unspecified atom stereocenters. The quantitative estimate of drug-likeness (QED) is 0.502. The van der Waals surface area contributed by atoms with Crippen molar-refractivity contribution in [3.05, 3.63) is 76.4 Å². The minimum atomic E-state index is -0.554. The number of aromatic nitrogens is 3. The molecule has 0 aliphatic carbocycles. The van der Waals surface area contributed by atoms with Gasteiger partial charge in [-0.3, -0.25) is 30.7 Å². The highest BCUT2D eigenvalue weighted by Crippen LogP contribution is 2.39. The number of hydrogen-bond acceptors (Lipinski definition) is 8. The van der Waals surface area contributed by atoms with Crippen LogP contribution in [0.1, 0.15) is 22.5 Å². The van der Waals surface area contributed by atoms with E-state index in [2.05, 4.69) is 25.8 Å². The Balaban J connectivity index is 1.66. The summed E-state index contributed by atoms with van der Waals surface area (Å²) in [7, 11) is 0. The molecule has 1 amide bonds. The molecule has 3 heterocycles. The summed E-state index contributed by atoms with van der Waals surface area (Å²) in [5.74, 6) is -0.470. The number of hydrogen-bond donors (Lipinski definition) is 2. The summed E-state index contributed by atoms with van der Waals surface area (Å²) in [5, 5.41) is 11.8. The van der Waals surface area contributed by atoms with Gasteiger partial charge in [-0.15, -0.1) is 0 Å². The number of para-hydroxylation sites is 1. The van der Waals surface area contributed by atoms with Gasteiger partial charge < -0.3 is 4.90 Å². The highest BCUT2D eigenvalue weighted by atomic mass is 16.6. The van der Waals surface area contributed by atoms with Crippen molar-refractivity contribution >= 4 is 28.9 Å².